The molecule has 0 aliphatic rings. The van der Waals surface area contributed by atoms with Crippen LogP contribution in [0.4, 0.5) is 0 Å². The zero-order valence-electron chi connectivity index (χ0n) is 13.3. The molecular weight excluding hydrogens is 328 g/mol. The summed E-state index contributed by atoms with van der Waals surface area (Å²) in [7, 11) is -3.91. The van der Waals surface area contributed by atoms with E-state index in [-0.39, 0.29) is 11.7 Å². The number of carbonyl (C=O) groups excluding carboxylic acids is 1. The average Bonchev–Trinajstić information content (AvgIpc) is 2.53. The molecule has 0 saturated carbocycles. The van der Waals surface area contributed by atoms with Crippen LogP contribution in [0.25, 0.3) is 6.08 Å². The summed E-state index contributed by atoms with van der Waals surface area (Å²) >= 11 is 0. The molecule has 2 rings (SSSR count). The van der Waals surface area contributed by atoms with Gasteiger partial charge in [0.1, 0.15) is 5.75 Å². The fraction of sp³-hybridized carbons (Fsp3) is 0.176. The van der Waals surface area contributed by atoms with E-state index in [0.29, 0.717) is 11.3 Å². The summed E-state index contributed by atoms with van der Waals surface area (Å²) in [6, 6.07) is 10.4. The van der Waals surface area contributed by atoms with Gasteiger partial charge in [-0.1, -0.05) is 30.3 Å². The van der Waals surface area contributed by atoms with Gasteiger partial charge < -0.3 is 4.74 Å². The highest BCUT2D eigenvalue weighted by atomic mass is 32.2. The van der Waals surface area contributed by atoms with E-state index in [0.717, 1.165) is 5.41 Å². The Morgan fingerprint density at radius 1 is 1.21 bits per heavy atom. The lowest BCUT2D eigenvalue weighted by Crippen LogP contribution is -2.28. The first-order valence-electron chi connectivity index (χ1n) is 7.28. The van der Waals surface area contributed by atoms with Crippen LogP contribution in [0.1, 0.15) is 29.8 Å². The predicted octanol–water partition coefficient (Wildman–Crippen LogP) is 2.60. The van der Waals surface area contributed by atoms with Gasteiger partial charge in [0, 0.05) is 6.20 Å². The summed E-state index contributed by atoms with van der Waals surface area (Å²) in [6.07, 6.45) is 4.06. The zero-order chi connectivity index (χ0) is 17.6. The van der Waals surface area contributed by atoms with Gasteiger partial charge >= 0.3 is 0 Å². The number of pyridine rings is 1. The predicted molar refractivity (Wildman–Crippen MR) is 91.9 cm³/mol. The standard InChI is InChI=1S/C17H18N2O4S/c1-13(2)23-16-10-15(11-18-12-16)17(20)19-24(21,22)9-8-14-6-4-3-5-7-14/h3-13H,1-2H3,(H,19,20). The third-order valence-electron chi connectivity index (χ3n) is 2.82. The Hall–Kier alpha value is -2.67. The summed E-state index contributed by atoms with van der Waals surface area (Å²) in [5.74, 6) is -0.371. The molecule has 0 aliphatic carbocycles. The molecule has 0 bridgehead atoms. The van der Waals surface area contributed by atoms with Crippen LogP contribution in [0.2, 0.25) is 0 Å². The molecule has 1 amide bonds. The van der Waals surface area contributed by atoms with Gasteiger partial charge in [0.15, 0.2) is 0 Å². The highest BCUT2D eigenvalue weighted by molar-refractivity contribution is 7.93. The number of aromatic nitrogens is 1. The summed E-state index contributed by atoms with van der Waals surface area (Å²) in [5, 5.41) is 0.947. The Labute approximate surface area is 141 Å². The molecule has 1 heterocycles. The van der Waals surface area contributed by atoms with Crippen molar-refractivity contribution in [2.75, 3.05) is 0 Å². The van der Waals surface area contributed by atoms with E-state index in [1.807, 2.05) is 24.6 Å². The fourth-order valence-corrected chi connectivity index (χ4v) is 2.61. The first-order valence-corrected chi connectivity index (χ1v) is 8.82. The van der Waals surface area contributed by atoms with Crippen molar-refractivity contribution in [3.8, 4) is 5.75 Å². The van der Waals surface area contributed by atoms with Crippen molar-refractivity contribution in [2.45, 2.75) is 20.0 Å². The van der Waals surface area contributed by atoms with Crippen molar-refractivity contribution in [2.24, 2.45) is 0 Å². The van der Waals surface area contributed by atoms with Crippen molar-refractivity contribution in [1.29, 1.82) is 0 Å². The minimum Gasteiger partial charge on any atom is -0.489 e. The number of amides is 1. The van der Waals surface area contributed by atoms with Crippen LogP contribution in [0.5, 0.6) is 5.75 Å². The van der Waals surface area contributed by atoms with Crippen LogP contribution in [-0.4, -0.2) is 25.4 Å². The smallest absolute Gasteiger partial charge is 0.266 e. The molecule has 0 atom stereocenters. The van der Waals surface area contributed by atoms with Gasteiger partial charge in [-0.2, -0.15) is 0 Å². The molecule has 126 valence electrons. The van der Waals surface area contributed by atoms with Crippen molar-refractivity contribution >= 4 is 22.0 Å². The van der Waals surface area contributed by atoms with Crippen molar-refractivity contribution in [3.63, 3.8) is 0 Å². The van der Waals surface area contributed by atoms with Gasteiger partial charge in [0.05, 0.1) is 23.3 Å². The molecule has 6 nitrogen and oxygen atoms in total. The second kappa shape index (κ2) is 7.74. The second-order valence-corrected chi connectivity index (χ2v) is 6.83. The van der Waals surface area contributed by atoms with E-state index in [9.17, 15) is 13.2 Å². The third-order valence-corrected chi connectivity index (χ3v) is 3.79. The maximum atomic E-state index is 12.1. The molecule has 0 spiro atoms. The number of sulfonamides is 1. The number of benzene rings is 1. The fourth-order valence-electron chi connectivity index (χ4n) is 1.83. The number of rotatable bonds is 6. The Kier molecular flexibility index (Phi) is 5.70. The quantitative estimate of drug-likeness (QED) is 0.869. The maximum Gasteiger partial charge on any atom is 0.266 e. The number of ether oxygens (including phenoxy) is 1. The minimum absolute atomic E-state index is 0.0809. The van der Waals surface area contributed by atoms with Gasteiger partial charge in [0.25, 0.3) is 15.9 Å². The Balaban J connectivity index is 2.09. The summed E-state index contributed by atoms with van der Waals surface area (Å²) in [5.41, 5.74) is 0.814. The normalized spacial score (nSPS) is 11.6. The largest absolute Gasteiger partial charge is 0.489 e. The molecule has 1 N–H and O–H groups in total. The van der Waals surface area contributed by atoms with Gasteiger partial charge in [-0.3, -0.25) is 9.78 Å². The average molecular weight is 346 g/mol. The van der Waals surface area contributed by atoms with E-state index in [4.69, 9.17) is 4.74 Å². The monoisotopic (exact) mass is 346 g/mol. The van der Waals surface area contributed by atoms with Crippen LogP contribution < -0.4 is 9.46 Å². The van der Waals surface area contributed by atoms with Crippen LogP contribution in [-0.2, 0) is 10.0 Å². The minimum atomic E-state index is -3.91. The summed E-state index contributed by atoms with van der Waals surface area (Å²) in [4.78, 5) is 16.0. The lowest BCUT2D eigenvalue weighted by atomic mass is 10.2. The molecule has 24 heavy (non-hydrogen) atoms. The Morgan fingerprint density at radius 3 is 2.58 bits per heavy atom. The molecule has 1 aromatic carbocycles. The molecular formula is C17H18N2O4S. The van der Waals surface area contributed by atoms with Gasteiger partial charge in [-0.15, -0.1) is 0 Å². The first kappa shape index (κ1) is 17.7. The van der Waals surface area contributed by atoms with Crippen LogP contribution >= 0.6 is 0 Å². The van der Waals surface area contributed by atoms with Gasteiger partial charge in [0.2, 0.25) is 0 Å². The molecule has 0 radical (unpaired) electrons. The highest BCUT2D eigenvalue weighted by Crippen LogP contribution is 2.13. The van der Waals surface area contributed by atoms with Gasteiger partial charge in [-0.05, 0) is 31.6 Å². The first-order chi connectivity index (χ1) is 11.4. The van der Waals surface area contributed by atoms with Crippen molar-refractivity contribution < 1.29 is 17.9 Å². The highest BCUT2D eigenvalue weighted by Gasteiger charge is 2.14. The molecule has 7 heteroatoms. The molecule has 0 unspecified atom stereocenters. The van der Waals surface area contributed by atoms with Crippen molar-refractivity contribution in [1.82, 2.24) is 9.71 Å². The number of carbonyl (C=O) groups is 1. The molecule has 0 saturated heterocycles. The van der Waals surface area contributed by atoms with Crippen LogP contribution in [0.15, 0.2) is 54.2 Å². The number of nitrogens with zero attached hydrogens (tertiary/aromatic N) is 1. The topological polar surface area (TPSA) is 85.4 Å². The van der Waals surface area contributed by atoms with E-state index in [1.54, 1.807) is 24.3 Å². The molecule has 1 aromatic heterocycles. The lowest BCUT2D eigenvalue weighted by molar-refractivity contribution is 0.0980. The van der Waals surface area contributed by atoms with Crippen LogP contribution in [0, 0.1) is 0 Å². The number of hydrogen-bond donors (Lipinski definition) is 1. The molecule has 0 fully saturated rings. The number of nitrogens with one attached hydrogen (secondary N) is 1. The van der Waals surface area contributed by atoms with E-state index in [1.165, 1.54) is 24.5 Å². The lowest BCUT2D eigenvalue weighted by Gasteiger charge is -2.10. The number of hydrogen-bond acceptors (Lipinski definition) is 5. The molecule has 2 aromatic rings. The second-order valence-electron chi connectivity index (χ2n) is 5.27. The third kappa shape index (κ3) is 5.51. The van der Waals surface area contributed by atoms with E-state index in [2.05, 4.69) is 4.98 Å². The van der Waals surface area contributed by atoms with Crippen LogP contribution in [0.3, 0.4) is 0 Å². The maximum absolute atomic E-state index is 12.1. The van der Waals surface area contributed by atoms with Crippen molar-refractivity contribution in [3.05, 3.63) is 65.3 Å². The Morgan fingerprint density at radius 2 is 1.92 bits per heavy atom. The SMILES string of the molecule is CC(C)Oc1cncc(C(=O)NS(=O)(=O)C=Cc2ccccc2)c1. The van der Waals surface area contributed by atoms with E-state index < -0.39 is 15.9 Å². The van der Waals surface area contributed by atoms with E-state index >= 15 is 0 Å². The zero-order valence-corrected chi connectivity index (χ0v) is 14.2. The summed E-state index contributed by atoms with van der Waals surface area (Å²) in [6.45, 7) is 3.68. The Bertz CT molecular complexity index is 831. The van der Waals surface area contributed by atoms with Gasteiger partial charge in [-0.25, -0.2) is 13.1 Å². The molecule has 0 aliphatic heterocycles. The summed E-state index contributed by atoms with van der Waals surface area (Å²) < 4.78 is 31.4.